The van der Waals surface area contributed by atoms with Crippen LogP contribution in [-0.2, 0) is 4.74 Å². The number of hydrogen-bond acceptors (Lipinski definition) is 1. The van der Waals surface area contributed by atoms with Gasteiger partial charge in [0.05, 0.1) is 12.2 Å². The highest BCUT2D eigenvalue weighted by atomic mass is 16.6. The first-order valence-electron chi connectivity index (χ1n) is 9.93. The van der Waals surface area contributed by atoms with E-state index in [-0.39, 0.29) is 0 Å². The van der Waals surface area contributed by atoms with Crippen molar-refractivity contribution in [3.05, 3.63) is 0 Å². The SMILES string of the molecule is CCCCCCCCCCC[C@@H]1O[C@@H]1CCC[C@@H](C)CC. The Bertz CT molecular complexity index is 226. The van der Waals surface area contributed by atoms with Crippen LogP contribution in [0.15, 0.2) is 0 Å². The number of hydrogen-bond donors (Lipinski definition) is 0. The Morgan fingerprint density at radius 2 is 1.24 bits per heavy atom. The zero-order chi connectivity index (χ0) is 15.3. The molecule has 3 atom stereocenters. The lowest BCUT2D eigenvalue weighted by Crippen LogP contribution is -1.97. The van der Waals surface area contributed by atoms with Crippen molar-refractivity contribution in [3.63, 3.8) is 0 Å². The van der Waals surface area contributed by atoms with Crippen LogP contribution in [0.1, 0.15) is 111 Å². The Labute approximate surface area is 134 Å². The normalized spacial score (nSPS) is 22.4. The molecule has 1 fully saturated rings. The molecule has 1 saturated heterocycles. The summed E-state index contributed by atoms with van der Waals surface area (Å²) in [5, 5.41) is 0. The van der Waals surface area contributed by atoms with Gasteiger partial charge >= 0.3 is 0 Å². The van der Waals surface area contributed by atoms with E-state index in [2.05, 4.69) is 20.8 Å². The minimum atomic E-state index is 0.628. The topological polar surface area (TPSA) is 12.5 Å². The van der Waals surface area contributed by atoms with E-state index in [0.29, 0.717) is 12.2 Å². The number of unbranched alkanes of at least 4 members (excludes halogenated alkanes) is 8. The molecule has 0 aromatic heterocycles. The monoisotopic (exact) mass is 296 g/mol. The Hall–Kier alpha value is -0.0400. The first-order chi connectivity index (χ1) is 10.3. The van der Waals surface area contributed by atoms with Crippen molar-refractivity contribution < 1.29 is 4.74 Å². The Morgan fingerprint density at radius 3 is 1.81 bits per heavy atom. The molecule has 0 aliphatic carbocycles. The van der Waals surface area contributed by atoms with Gasteiger partial charge in [0.15, 0.2) is 0 Å². The van der Waals surface area contributed by atoms with E-state index in [1.807, 2.05) is 0 Å². The molecule has 0 aromatic rings. The van der Waals surface area contributed by atoms with Gasteiger partial charge in [-0.2, -0.15) is 0 Å². The summed E-state index contributed by atoms with van der Waals surface area (Å²) in [7, 11) is 0. The van der Waals surface area contributed by atoms with E-state index < -0.39 is 0 Å². The fourth-order valence-electron chi connectivity index (χ4n) is 3.21. The average molecular weight is 297 g/mol. The van der Waals surface area contributed by atoms with Crippen LogP contribution in [0.4, 0.5) is 0 Å². The number of ether oxygens (including phenoxy) is 1. The summed E-state index contributed by atoms with van der Waals surface area (Å²) < 4.78 is 5.80. The van der Waals surface area contributed by atoms with Gasteiger partial charge in [-0.15, -0.1) is 0 Å². The van der Waals surface area contributed by atoms with Gasteiger partial charge in [-0.25, -0.2) is 0 Å². The van der Waals surface area contributed by atoms with Crippen LogP contribution in [0.25, 0.3) is 0 Å². The second kappa shape index (κ2) is 12.5. The maximum Gasteiger partial charge on any atom is 0.0841 e. The second-order valence-electron chi connectivity index (χ2n) is 7.27. The van der Waals surface area contributed by atoms with Gasteiger partial charge in [0.25, 0.3) is 0 Å². The Kier molecular flexibility index (Phi) is 11.3. The minimum absolute atomic E-state index is 0.628. The van der Waals surface area contributed by atoms with Crippen molar-refractivity contribution in [1.29, 1.82) is 0 Å². The fourth-order valence-corrected chi connectivity index (χ4v) is 3.21. The number of epoxide rings is 1. The van der Waals surface area contributed by atoms with Crippen LogP contribution < -0.4 is 0 Å². The highest BCUT2D eigenvalue weighted by molar-refractivity contribution is 4.84. The largest absolute Gasteiger partial charge is 0.370 e. The van der Waals surface area contributed by atoms with Gasteiger partial charge in [-0.1, -0.05) is 97.8 Å². The Balaban J connectivity index is 1.77. The molecule has 0 radical (unpaired) electrons. The zero-order valence-electron chi connectivity index (χ0n) is 15.0. The lowest BCUT2D eigenvalue weighted by atomic mass is 9.99. The van der Waals surface area contributed by atoms with Gasteiger partial charge in [0.1, 0.15) is 0 Å². The summed E-state index contributed by atoms with van der Waals surface area (Å²) in [6.07, 6.45) is 20.8. The van der Waals surface area contributed by atoms with Gasteiger partial charge in [-0.05, 0) is 18.8 Å². The van der Waals surface area contributed by atoms with Crippen molar-refractivity contribution in [3.8, 4) is 0 Å². The quantitative estimate of drug-likeness (QED) is 0.237. The molecule has 1 aliphatic heterocycles. The van der Waals surface area contributed by atoms with Crippen molar-refractivity contribution in [1.82, 2.24) is 0 Å². The van der Waals surface area contributed by atoms with E-state index in [4.69, 9.17) is 4.74 Å². The van der Waals surface area contributed by atoms with Crippen LogP contribution >= 0.6 is 0 Å². The molecule has 1 heterocycles. The van der Waals surface area contributed by atoms with E-state index in [1.54, 1.807) is 0 Å². The molecule has 1 heteroatoms. The highest BCUT2D eigenvalue weighted by Crippen LogP contribution is 2.32. The summed E-state index contributed by atoms with van der Waals surface area (Å²) in [5.41, 5.74) is 0. The van der Waals surface area contributed by atoms with Gasteiger partial charge in [-0.3, -0.25) is 0 Å². The minimum Gasteiger partial charge on any atom is -0.370 e. The summed E-state index contributed by atoms with van der Waals surface area (Å²) in [6.45, 7) is 6.95. The second-order valence-corrected chi connectivity index (χ2v) is 7.27. The summed E-state index contributed by atoms with van der Waals surface area (Å²) >= 11 is 0. The van der Waals surface area contributed by atoms with Gasteiger partial charge < -0.3 is 4.74 Å². The summed E-state index contributed by atoms with van der Waals surface area (Å²) in [6, 6.07) is 0. The first kappa shape index (κ1) is 19.0. The molecular weight excluding hydrogens is 256 g/mol. The molecule has 0 amide bonds. The van der Waals surface area contributed by atoms with Crippen LogP contribution in [0, 0.1) is 5.92 Å². The first-order valence-corrected chi connectivity index (χ1v) is 9.93. The molecule has 1 aliphatic rings. The molecule has 0 spiro atoms. The van der Waals surface area contributed by atoms with Crippen LogP contribution in [0.3, 0.4) is 0 Å². The molecule has 0 saturated carbocycles. The van der Waals surface area contributed by atoms with Crippen LogP contribution in [-0.4, -0.2) is 12.2 Å². The highest BCUT2D eigenvalue weighted by Gasteiger charge is 2.36. The van der Waals surface area contributed by atoms with E-state index >= 15 is 0 Å². The smallest absolute Gasteiger partial charge is 0.0841 e. The molecule has 0 bridgehead atoms. The molecule has 1 rings (SSSR count). The molecule has 126 valence electrons. The van der Waals surface area contributed by atoms with Crippen LogP contribution in [0.2, 0.25) is 0 Å². The van der Waals surface area contributed by atoms with Gasteiger partial charge in [0, 0.05) is 0 Å². The van der Waals surface area contributed by atoms with E-state index in [0.717, 1.165) is 5.92 Å². The maximum atomic E-state index is 5.80. The van der Waals surface area contributed by atoms with E-state index in [1.165, 1.54) is 89.9 Å². The maximum absolute atomic E-state index is 5.80. The average Bonchev–Trinajstić information content (AvgIpc) is 3.23. The molecule has 21 heavy (non-hydrogen) atoms. The summed E-state index contributed by atoms with van der Waals surface area (Å²) in [5.74, 6) is 0.902. The van der Waals surface area contributed by atoms with Crippen molar-refractivity contribution in [2.24, 2.45) is 5.92 Å². The summed E-state index contributed by atoms with van der Waals surface area (Å²) in [4.78, 5) is 0. The molecule has 0 aromatic carbocycles. The fraction of sp³-hybridized carbons (Fsp3) is 1.00. The molecular formula is C20H40O. The van der Waals surface area contributed by atoms with Gasteiger partial charge in [0.2, 0.25) is 0 Å². The predicted molar refractivity (Wildman–Crippen MR) is 93.8 cm³/mol. The predicted octanol–water partition coefficient (Wildman–Crippen LogP) is 6.89. The third-order valence-corrected chi connectivity index (χ3v) is 5.16. The molecule has 0 unspecified atom stereocenters. The van der Waals surface area contributed by atoms with Crippen molar-refractivity contribution in [2.45, 2.75) is 123 Å². The van der Waals surface area contributed by atoms with E-state index in [9.17, 15) is 0 Å². The zero-order valence-corrected chi connectivity index (χ0v) is 15.0. The standard InChI is InChI=1S/C20H40O/c1-4-6-7-8-9-10-11-12-13-16-19-20(21-19)17-14-15-18(3)5-2/h18-20H,4-17H2,1-3H3/t18-,19-,20+/m0/s1. The Morgan fingerprint density at radius 1 is 0.714 bits per heavy atom. The lowest BCUT2D eigenvalue weighted by Gasteiger charge is -2.06. The lowest BCUT2D eigenvalue weighted by molar-refractivity contribution is 0.344. The molecule has 1 nitrogen and oxygen atoms in total. The third kappa shape index (κ3) is 10.3. The third-order valence-electron chi connectivity index (χ3n) is 5.16. The van der Waals surface area contributed by atoms with Crippen molar-refractivity contribution >= 4 is 0 Å². The number of rotatable bonds is 15. The molecule has 0 N–H and O–H groups in total. The van der Waals surface area contributed by atoms with Crippen LogP contribution in [0.5, 0.6) is 0 Å². The van der Waals surface area contributed by atoms with Crippen molar-refractivity contribution in [2.75, 3.05) is 0 Å².